The molecule has 0 unspecified atom stereocenters. The molecule has 0 aliphatic carbocycles. The average Bonchev–Trinajstić information content (AvgIpc) is 2.94. The van der Waals surface area contributed by atoms with Gasteiger partial charge in [0.15, 0.2) is 0 Å². The topological polar surface area (TPSA) is 75.0 Å². The fraction of sp³-hybridized carbons (Fsp3) is 0.412. The maximum absolute atomic E-state index is 13.2. The lowest BCUT2D eigenvalue weighted by atomic mass is 10.1. The van der Waals surface area contributed by atoms with Crippen molar-refractivity contribution in [1.82, 2.24) is 15.1 Å². The zero-order valence-corrected chi connectivity index (χ0v) is 13.8. The van der Waals surface area contributed by atoms with Crippen LogP contribution in [0.25, 0.3) is 11.3 Å². The summed E-state index contributed by atoms with van der Waals surface area (Å²) in [5.74, 6) is -0.362. The summed E-state index contributed by atoms with van der Waals surface area (Å²) in [5.41, 5.74) is 7.36. The predicted octanol–water partition coefficient (Wildman–Crippen LogP) is 2.34. The summed E-state index contributed by atoms with van der Waals surface area (Å²) in [4.78, 5) is 13.6. The highest BCUT2D eigenvalue weighted by Gasteiger charge is 2.25. The van der Waals surface area contributed by atoms with Gasteiger partial charge in [-0.1, -0.05) is 12.1 Å². The van der Waals surface area contributed by atoms with Crippen molar-refractivity contribution >= 4 is 5.91 Å². The summed E-state index contributed by atoms with van der Waals surface area (Å²) in [6.45, 7) is 4.02. The molecule has 0 saturated heterocycles. The van der Waals surface area contributed by atoms with E-state index in [0.29, 0.717) is 12.2 Å². The van der Waals surface area contributed by atoms with E-state index in [1.807, 2.05) is 12.1 Å². The number of rotatable bonds is 6. The van der Waals surface area contributed by atoms with Crippen LogP contribution in [-0.2, 0) is 11.2 Å². The molecule has 1 heterocycles. The van der Waals surface area contributed by atoms with Gasteiger partial charge in [-0.15, -0.1) is 0 Å². The highest BCUT2D eigenvalue weighted by Crippen LogP contribution is 2.19. The number of aromatic nitrogens is 2. The van der Waals surface area contributed by atoms with E-state index in [1.54, 1.807) is 31.9 Å². The van der Waals surface area contributed by atoms with Crippen LogP contribution in [0.3, 0.4) is 0 Å². The van der Waals surface area contributed by atoms with Gasteiger partial charge in [-0.3, -0.25) is 9.89 Å². The number of nitrogens with zero attached hydrogens (tertiary/aromatic N) is 2. The Morgan fingerprint density at radius 1 is 1.39 bits per heavy atom. The van der Waals surface area contributed by atoms with Crippen LogP contribution in [0.5, 0.6) is 0 Å². The van der Waals surface area contributed by atoms with Crippen LogP contribution < -0.4 is 5.73 Å². The summed E-state index contributed by atoms with van der Waals surface area (Å²) in [6.07, 6.45) is 1.55. The molecule has 0 aliphatic heterocycles. The minimum Gasteiger partial charge on any atom is -0.344 e. The van der Waals surface area contributed by atoms with Crippen LogP contribution in [0, 0.1) is 5.82 Å². The quantitative estimate of drug-likeness (QED) is 0.858. The molecule has 0 bridgehead atoms. The molecule has 2 aromatic rings. The predicted molar refractivity (Wildman–Crippen MR) is 88.2 cm³/mol. The van der Waals surface area contributed by atoms with E-state index in [4.69, 9.17) is 5.73 Å². The number of H-pyrrole nitrogens is 1. The van der Waals surface area contributed by atoms with Crippen molar-refractivity contribution in [2.45, 2.75) is 32.2 Å². The second-order valence-corrected chi connectivity index (χ2v) is 6.34. The molecule has 0 fully saturated rings. The number of carbonyl (C=O) groups excluding carboxylic acids is 1. The van der Waals surface area contributed by atoms with Crippen LogP contribution >= 0.6 is 0 Å². The second-order valence-electron chi connectivity index (χ2n) is 6.34. The lowest BCUT2D eigenvalue weighted by Crippen LogP contribution is -2.50. The summed E-state index contributed by atoms with van der Waals surface area (Å²) in [5, 5.41) is 7.16. The van der Waals surface area contributed by atoms with Gasteiger partial charge in [0.2, 0.25) is 5.91 Å². The van der Waals surface area contributed by atoms with Gasteiger partial charge < -0.3 is 10.6 Å². The lowest BCUT2D eigenvalue weighted by molar-refractivity contribution is -0.134. The third-order valence-corrected chi connectivity index (χ3v) is 3.59. The van der Waals surface area contributed by atoms with Crippen molar-refractivity contribution in [2.75, 3.05) is 13.6 Å². The second kappa shape index (κ2) is 6.91. The standard InChI is InChI=1S/C17H23FN4O/c1-17(2,19)16(23)22(3)9-5-8-14-11-15(21-20-14)12-6-4-7-13(18)10-12/h4,6-7,10-11H,5,8-9,19H2,1-3H3,(H,20,21). The Kier molecular flexibility index (Phi) is 5.15. The van der Waals surface area contributed by atoms with E-state index < -0.39 is 5.54 Å². The number of aromatic amines is 1. The Morgan fingerprint density at radius 2 is 2.13 bits per heavy atom. The molecule has 0 atom stereocenters. The summed E-state index contributed by atoms with van der Waals surface area (Å²) in [7, 11) is 1.75. The van der Waals surface area contributed by atoms with Gasteiger partial charge in [0.05, 0.1) is 11.2 Å². The Bertz CT molecular complexity index is 675. The number of likely N-dealkylation sites (N-methyl/N-ethyl adjacent to an activating group) is 1. The van der Waals surface area contributed by atoms with Gasteiger partial charge in [0.1, 0.15) is 5.82 Å². The molecule has 1 amide bonds. The first kappa shape index (κ1) is 17.1. The molecular weight excluding hydrogens is 295 g/mol. The Hall–Kier alpha value is -2.21. The molecule has 3 N–H and O–H groups in total. The van der Waals surface area contributed by atoms with Crippen LogP contribution in [0.2, 0.25) is 0 Å². The van der Waals surface area contributed by atoms with Crippen LogP contribution in [0.1, 0.15) is 26.0 Å². The van der Waals surface area contributed by atoms with Crippen molar-refractivity contribution in [3.63, 3.8) is 0 Å². The van der Waals surface area contributed by atoms with Gasteiger partial charge >= 0.3 is 0 Å². The average molecular weight is 318 g/mol. The molecule has 5 nitrogen and oxygen atoms in total. The number of halogens is 1. The van der Waals surface area contributed by atoms with E-state index in [1.165, 1.54) is 12.1 Å². The van der Waals surface area contributed by atoms with Gasteiger partial charge in [0.25, 0.3) is 0 Å². The normalized spacial score (nSPS) is 11.5. The zero-order chi connectivity index (χ0) is 17.0. The van der Waals surface area contributed by atoms with Crippen molar-refractivity contribution < 1.29 is 9.18 Å². The highest BCUT2D eigenvalue weighted by molar-refractivity contribution is 5.84. The number of nitrogens with two attached hydrogens (primary N) is 1. The van der Waals surface area contributed by atoms with Crippen molar-refractivity contribution in [3.8, 4) is 11.3 Å². The number of aryl methyl sites for hydroxylation is 1. The Morgan fingerprint density at radius 3 is 2.78 bits per heavy atom. The van der Waals surface area contributed by atoms with E-state index in [-0.39, 0.29) is 11.7 Å². The number of amides is 1. The van der Waals surface area contributed by atoms with Crippen LogP contribution in [0.15, 0.2) is 30.3 Å². The van der Waals surface area contributed by atoms with Gasteiger partial charge in [0, 0.05) is 24.8 Å². The molecule has 0 saturated carbocycles. The third kappa shape index (κ3) is 4.63. The molecule has 23 heavy (non-hydrogen) atoms. The SMILES string of the molecule is CN(CCCc1cc(-c2cccc(F)c2)n[nH]1)C(=O)C(C)(C)N. The third-order valence-electron chi connectivity index (χ3n) is 3.59. The number of hydrogen-bond acceptors (Lipinski definition) is 3. The lowest BCUT2D eigenvalue weighted by Gasteiger charge is -2.25. The van der Waals surface area contributed by atoms with Gasteiger partial charge in [-0.2, -0.15) is 5.10 Å². The number of benzene rings is 1. The number of carbonyl (C=O) groups is 1. The first-order chi connectivity index (χ1) is 10.8. The van der Waals surface area contributed by atoms with E-state index in [2.05, 4.69) is 10.2 Å². The largest absolute Gasteiger partial charge is 0.344 e. The first-order valence-corrected chi connectivity index (χ1v) is 7.62. The van der Waals surface area contributed by atoms with Crippen molar-refractivity contribution in [2.24, 2.45) is 5.73 Å². The molecule has 0 aliphatic rings. The highest BCUT2D eigenvalue weighted by atomic mass is 19.1. The molecule has 1 aromatic heterocycles. The maximum Gasteiger partial charge on any atom is 0.241 e. The fourth-order valence-electron chi connectivity index (χ4n) is 2.39. The molecular formula is C17H23FN4O. The minimum absolute atomic E-state index is 0.0810. The maximum atomic E-state index is 13.2. The summed E-state index contributed by atoms with van der Waals surface area (Å²) >= 11 is 0. The Balaban J connectivity index is 1.89. The first-order valence-electron chi connectivity index (χ1n) is 7.62. The molecule has 2 rings (SSSR count). The van der Waals surface area contributed by atoms with E-state index >= 15 is 0 Å². The minimum atomic E-state index is -0.854. The molecule has 124 valence electrons. The van der Waals surface area contributed by atoms with Gasteiger partial charge in [-0.25, -0.2) is 4.39 Å². The summed E-state index contributed by atoms with van der Waals surface area (Å²) in [6, 6.07) is 8.25. The van der Waals surface area contributed by atoms with Crippen molar-refractivity contribution in [1.29, 1.82) is 0 Å². The summed E-state index contributed by atoms with van der Waals surface area (Å²) < 4.78 is 13.2. The van der Waals surface area contributed by atoms with E-state index in [9.17, 15) is 9.18 Å². The molecule has 0 radical (unpaired) electrons. The van der Waals surface area contributed by atoms with E-state index in [0.717, 1.165) is 24.1 Å². The smallest absolute Gasteiger partial charge is 0.241 e. The molecule has 1 aromatic carbocycles. The zero-order valence-electron chi connectivity index (χ0n) is 13.8. The number of hydrogen-bond donors (Lipinski definition) is 2. The monoisotopic (exact) mass is 318 g/mol. The van der Waals surface area contributed by atoms with Crippen LogP contribution in [0.4, 0.5) is 4.39 Å². The Labute approximate surface area is 135 Å². The van der Waals surface area contributed by atoms with Crippen LogP contribution in [-0.4, -0.2) is 40.1 Å². The molecule has 0 spiro atoms. The van der Waals surface area contributed by atoms with Crippen molar-refractivity contribution in [3.05, 3.63) is 41.8 Å². The fourth-order valence-corrected chi connectivity index (χ4v) is 2.39. The number of nitrogens with one attached hydrogen (secondary N) is 1. The molecule has 6 heteroatoms. The van der Waals surface area contributed by atoms with Gasteiger partial charge in [-0.05, 0) is 44.9 Å².